The monoisotopic (exact) mass is 233 g/mol. The third-order valence-corrected chi connectivity index (χ3v) is 3.01. The van der Waals surface area contributed by atoms with E-state index in [0.29, 0.717) is 18.3 Å². The van der Waals surface area contributed by atoms with Crippen molar-refractivity contribution in [3.05, 3.63) is 0 Å². The zero-order valence-electron chi connectivity index (χ0n) is 10.4. The van der Waals surface area contributed by atoms with Gasteiger partial charge in [0, 0.05) is 24.9 Å². The van der Waals surface area contributed by atoms with Gasteiger partial charge in [0.1, 0.15) is 0 Å². The van der Waals surface area contributed by atoms with Gasteiger partial charge in [0.15, 0.2) is 0 Å². The second-order valence-corrected chi connectivity index (χ2v) is 4.78. The smallest absolute Gasteiger partial charge is 0.225 e. The molecule has 0 heterocycles. The normalized spacial score (nSPS) is 12.9. The molecule has 0 aliphatic heterocycles. The summed E-state index contributed by atoms with van der Waals surface area (Å²) in [5, 5.41) is 0. The molecule has 0 saturated heterocycles. The lowest BCUT2D eigenvalue weighted by atomic mass is 9.96. The number of carbonyl (C=O) groups excluding carboxylic acids is 1. The molecule has 0 spiro atoms. The quantitative estimate of drug-likeness (QED) is 0.619. The maximum atomic E-state index is 12.0. The van der Waals surface area contributed by atoms with Crippen molar-refractivity contribution in [3.63, 3.8) is 0 Å². The number of rotatable bonds is 7. The van der Waals surface area contributed by atoms with Crippen LogP contribution >= 0.6 is 11.6 Å². The first kappa shape index (κ1) is 14.8. The van der Waals surface area contributed by atoms with Crippen molar-refractivity contribution >= 4 is 17.5 Å². The van der Waals surface area contributed by atoms with Crippen LogP contribution in [-0.2, 0) is 4.79 Å². The van der Waals surface area contributed by atoms with Gasteiger partial charge in [-0.1, -0.05) is 34.1 Å². The highest BCUT2D eigenvalue weighted by Gasteiger charge is 2.21. The van der Waals surface area contributed by atoms with Gasteiger partial charge in [0.25, 0.3) is 0 Å². The molecule has 0 radical (unpaired) electrons. The summed E-state index contributed by atoms with van der Waals surface area (Å²) in [5.74, 6) is 1.28. The molecule has 3 heteroatoms. The Morgan fingerprint density at radius 1 is 1.27 bits per heavy atom. The second kappa shape index (κ2) is 7.98. The first-order chi connectivity index (χ1) is 7.04. The van der Waals surface area contributed by atoms with Gasteiger partial charge in [0.2, 0.25) is 5.91 Å². The van der Waals surface area contributed by atoms with Gasteiger partial charge in [-0.15, -0.1) is 11.6 Å². The Balaban J connectivity index is 4.26. The number of nitrogens with zero attached hydrogens (tertiary/aromatic N) is 1. The van der Waals surface area contributed by atoms with Crippen LogP contribution in [0.15, 0.2) is 0 Å². The first-order valence-electron chi connectivity index (χ1n) is 5.89. The number of amides is 1. The molecule has 0 aromatic heterocycles. The molecule has 0 N–H and O–H groups in total. The minimum absolute atomic E-state index is 0.102. The predicted molar refractivity (Wildman–Crippen MR) is 66.2 cm³/mol. The average Bonchev–Trinajstić information content (AvgIpc) is 2.22. The molecule has 1 unspecified atom stereocenters. The highest BCUT2D eigenvalue weighted by atomic mass is 35.5. The van der Waals surface area contributed by atoms with E-state index in [1.54, 1.807) is 0 Å². The molecule has 0 aliphatic carbocycles. The van der Waals surface area contributed by atoms with Crippen LogP contribution in [0.1, 0.15) is 40.5 Å². The van der Waals surface area contributed by atoms with E-state index in [2.05, 4.69) is 20.8 Å². The van der Waals surface area contributed by atoms with Crippen molar-refractivity contribution in [1.29, 1.82) is 0 Å². The molecule has 0 saturated carbocycles. The van der Waals surface area contributed by atoms with Crippen LogP contribution in [0.5, 0.6) is 0 Å². The fourth-order valence-corrected chi connectivity index (χ4v) is 1.56. The maximum absolute atomic E-state index is 12.0. The summed E-state index contributed by atoms with van der Waals surface area (Å²) in [4.78, 5) is 14.0. The molecule has 0 fully saturated rings. The summed E-state index contributed by atoms with van der Waals surface area (Å²) >= 11 is 5.71. The third-order valence-electron chi connectivity index (χ3n) is 2.84. The SMILES string of the molecule is CCCCN(CCCl)C(=O)C(C)C(C)C. The van der Waals surface area contributed by atoms with Crippen LogP contribution in [-0.4, -0.2) is 29.8 Å². The highest BCUT2D eigenvalue weighted by molar-refractivity contribution is 6.18. The van der Waals surface area contributed by atoms with Crippen LogP contribution in [0.3, 0.4) is 0 Å². The van der Waals surface area contributed by atoms with Crippen molar-refractivity contribution in [2.24, 2.45) is 11.8 Å². The van der Waals surface area contributed by atoms with Crippen molar-refractivity contribution in [2.45, 2.75) is 40.5 Å². The zero-order chi connectivity index (χ0) is 11.8. The molecule has 2 nitrogen and oxygen atoms in total. The molecule has 0 rings (SSSR count). The van der Waals surface area contributed by atoms with Crippen LogP contribution < -0.4 is 0 Å². The molecule has 0 aromatic carbocycles. The zero-order valence-corrected chi connectivity index (χ0v) is 11.2. The minimum Gasteiger partial charge on any atom is -0.341 e. The number of alkyl halides is 1. The Morgan fingerprint density at radius 3 is 2.27 bits per heavy atom. The van der Waals surface area contributed by atoms with Gasteiger partial charge >= 0.3 is 0 Å². The Bertz CT molecular complexity index is 182. The number of halogens is 1. The van der Waals surface area contributed by atoms with Crippen LogP contribution in [0.4, 0.5) is 0 Å². The lowest BCUT2D eigenvalue weighted by Crippen LogP contribution is -2.38. The molecule has 1 amide bonds. The second-order valence-electron chi connectivity index (χ2n) is 4.40. The standard InChI is InChI=1S/C12H24ClNO/c1-5-6-8-14(9-7-13)12(15)11(4)10(2)3/h10-11H,5-9H2,1-4H3. The summed E-state index contributed by atoms with van der Waals surface area (Å²) in [7, 11) is 0. The fraction of sp³-hybridized carbons (Fsp3) is 0.917. The van der Waals surface area contributed by atoms with E-state index in [1.807, 2.05) is 11.8 Å². The van der Waals surface area contributed by atoms with E-state index in [4.69, 9.17) is 11.6 Å². The number of hydrogen-bond donors (Lipinski definition) is 0. The Hall–Kier alpha value is -0.240. The topological polar surface area (TPSA) is 20.3 Å². The number of hydrogen-bond acceptors (Lipinski definition) is 1. The Labute approximate surface area is 99.0 Å². The van der Waals surface area contributed by atoms with E-state index in [9.17, 15) is 4.79 Å². The summed E-state index contributed by atoms with van der Waals surface area (Å²) in [5.41, 5.74) is 0. The molecular weight excluding hydrogens is 210 g/mol. The lowest BCUT2D eigenvalue weighted by Gasteiger charge is -2.26. The summed E-state index contributed by atoms with van der Waals surface area (Å²) in [6.45, 7) is 9.83. The largest absolute Gasteiger partial charge is 0.341 e. The number of carbonyl (C=O) groups is 1. The van der Waals surface area contributed by atoms with E-state index in [1.165, 1.54) is 0 Å². The fourth-order valence-electron chi connectivity index (χ4n) is 1.36. The highest BCUT2D eigenvalue weighted by Crippen LogP contribution is 2.14. The maximum Gasteiger partial charge on any atom is 0.225 e. The third kappa shape index (κ3) is 5.41. The lowest BCUT2D eigenvalue weighted by molar-refractivity contribution is -0.136. The van der Waals surface area contributed by atoms with Crippen LogP contribution in [0.2, 0.25) is 0 Å². The summed E-state index contributed by atoms with van der Waals surface area (Å²) in [6.07, 6.45) is 2.18. The van der Waals surface area contributed by atoms with Crippen molar-refractivity contribution < 1.29 is 4.79 Å². The molecule has 15 heavy (non-hydrogen) atoms. The van der Waals surface area contributed by atoms with E-state index >= 15 is 0 Å². The summed E-state index contributed by atoms with van der Waals surface area (Å²) < 4.78 is 0. The van der Waals surface area contributed by atoms with E-state index < -0.39 is 0 Å². The molecule has 0 aromatic rings. The van der Waals surface area contributed by atoms with Crippen LogP contribution in [0, 0.1) is 11.8 Å². The van der Waals surface area contributed by atoms with Crippen molar-refractivity contribution in [3.8, 4) is 0 Å². The van der Waals surface area contributed by atoms with E-state index in [-0.39, 0.29) is 11.8 Å². The average molecular weight is 234 g/mol. The van der Waals surface area contributed by atoms with Crippen molar-refractivity contribution in [1.82, 2.24) is 4.90 Å². The molecule has 0 aliphatic rings. The van der Waals surface area contributed by atoms with Gasteiger partial charge in [-0.3, -0.25) is 4.79 Å². The van der Waals surface area contributed by atoms with Gasteiger partial charge in [-0.25, -0.2) is 0 Å². The van der Waals surface area contributed by atoms with Gasteiger partial charge in [-0.2, -0.15) is 0 Å². The molecule has 0 bridgehead atoms. The minimum atomic E-state index is 0.102. The van der Waals surface area contributed by atoms with Crippen LogP contribution in [0.25, 0.3) is 0 Å². The van der Waals surface area contributed by atoms with Gasteiger partial charge in [0.05, 0.1) is 0 Å². The molecular formula is C12H24ClNO. The molecule has 1 atom stereocenters. The van der Waals surface area contributed by atoms with E-state index in [0.717, 1.165) is 19.4 Å². The summed E-state index contributed by atoms with van der Waals surface area (Å²) in [6, 6.07) is 0. The predicted octanol–water partition coefficient (Wildman–Crippen LogP) is 3.15. The van der Waals surface area contributed by atoms with Gasteiger partial charge < -0.3 is 4.90 Å². The Kier molecular flexibility index (Phi) is 7.85. The Morgan fingerprint density at radius 2 is 1.87 bits per heavy atom. The van der Waals surface area contributed by atoms with Crippen molar-refractivity contribution in [2.75, 3.05) is 19.0 Å². The first-order valence-corrected chi connectivity index (χ1v) is 6.42. The van der Waals surface area contributed by atoms with Gasteiger partial charge in [-0.05, 0) is 12.3 Å². The number of unbranched alkanes of at least 4 members (excludes halogenated alkanes) is 1. The molecule has 90 valence electrons.